The predicted molar refractivity (Wildman–Crippen MR) is 53.1 cm³/mol. The summed E-state index contributed by atoms with van der Waals surface area (Å²) in [6.45, 7) is 5.12. The van der Waals surface area contributed by atoms with E-state index in [1.165, 1.54) is 0 Å². The van der Waals surface area contributed by atoms with Gasteiger partial charge in [0.15, 0.2) is 0 Å². The molecule has 1 aliphatic rings. The van der Waals surface area contributed by atoms with Gasteiger partial charge >= 0.3 is 5.97 Å². The minimum atomic E-state index is -0.781. The van der Waals surface area contributed by atoms with Gasteiger partial charge in [0.1, 0.15) is 6.04 Å². The van der Waals surface area contributed by atoms with Crippen molar-refractivity contribution in [2.75, 3.05) is 13.1 Å². The zero-order valence-electron chi connectivity index (χ0n) is 8.81. The van der Waals surface area contributed by atoms with Crippen LogP contribution in [0, 0.1) is 5.92 Å². The average molecular weight is 201 g/mol. The smallest absolute Gasteiger partial charge is 0.320 e. The van der Waals surface area contributed by atoms with Crippen molar-refractivity contribution in [3.63, 3.8) is 0 Å². The number of aliphatic hydroxyl groups excluding tert-OH is 1. The average Bonchev–Trinajstić information content (AvgIpc) is 2.17. The second-order valence-electron chi connectivity index (χ2n) is 4.03. The summed E-state index contributed by atoms with van der Waals surface area (Å²) in [5, 5.41) is 18.5. The third-order valence-corrected chi connectivity index (χ3v) is 3.15. The van der Waals surface area contributed by atoms with Gasteiger partial charge in [-0.15, -0.1) is 0 Å². The molecule has 2 N–H and O–H groups in total. The summed E-state index contributed by atoms with van der Waals surface area (Å²) in [5.74, 6) is -0.554. The molecule has 0 aromatic rings. The number of aliphatic hydroxyl groups is 1. The highest BCUT2D eigenvalue weighted by Crippen LogP contribution is 2.21. The molecule has 0 bridgehead atoms. The number of rotatable bonds is 3. The number of piperidine rings is 1. The van der Waals surface area contributed by atoms with E-state index in [1.54, 1.807) is 6.92 Å². The van der Waals surface area contributed by atoms with Crippen LogP contribution in [0.2, 0.25) is 0 Å². The third-order valence-electron chi connectivity index (χ3n) is 3.15. The van der Waals surface area contributed by atoms with Crippen LogP contribution in [0.5, 0.6) is 0 Å². The van der Waals surface area contributed by atoms with Crippen LogP contribution in [0.1, 0.15) is 26.7 Å². The topological polar surface area (TPSA) is 60.8 Å². The van der Waals surface area contributed by atoms with Crippen LogP contribution in [0.4, 0.5) is 0 Å². The number of carboxylic acid groups (broad SMARTS) is 1. The number of likely N-dealkylation sites (tertiary alicyclic amines) is 1. The van der Waals surface area contributed by atoms with Crippen molar-refractivity contribution in [1.29, 1.82) is 0 Å². The number of hydrogen-bond acceptors (Lipinski definition) is 3. The van der Waals surface area contributed by atoms with E-state index >= 15 is 0 Å². The van der Waals surface area contributed by atoms with Crippen molar-refractivity contribution >= 4 is 5.97 Å². The maximum absolute atomic E-state index is 10.8. The van der Waals surface area contributed by atoms with Crippen molar-refractivity contribution < 1.29 is 15.0 Å². The van der Waals surface area contributed by atoms with Crippen LogP contribution in [0.25, 0.3) is 0 Å². The van der Waals surface area contributed by atoms with E-state index < -0.39 is 12.0 Å². The van der Waals surface area contributed by atoms with Crippen LogP contribution in [-0.2, 0) is 4.79 Å². The molecule has 0 aromatic carbocycles. The molecule has 4 nitrogen and oxygen atoms in total. The molecule has 1 heterocycles. The Hall–Kier alpha value is -0.610. The summed E-state index contributed by atoms with van der Waals surface area (Å²) in [7, 11) is 0. The Bertz CT molecular complexity index is 208. The van der Waals surface area contributed by atoms with Crippen LogP contribution in [-0.4, -0.2) is 46.3 Å². The first-order chi connectivity index (χ1) is 6.56. The summed E-state index contributed by atoms with van der Waals surface area (Å²) >= 11 is 0. The van der Waals surface area contributed by atoms with Crippen molar-refractivity contribution in [2.45, 2.75) is 38.8 Å². The quantitative estimate of drug-likeness (QED) is 0.700. The Kier molecular flexibility index (Phi) is 3.89. The molecule has 0 radical (unpaired) electrons. The molecule has 0 aliphatic carbocycles. The second-order valence-corrected chi connectivity index (χ2v) is 4.03. The summed E-state index contributed by atoms with van der Waals surface area (Å²) in [6, 6.07) is -0.434. The van der Waals surface area contributed by atoms with Gasteiger partial charge in [0.2, 0.25) is 0 Å². The Morgan fingerprint density at radius 3 is 2.79 bits per heavy atom. The Morgan fingerprint density at radius 2 is 2.29 bits per heavy atom. The van der Waals surface area contributed by atoms with Gasteiger partial charge in [0.05, 0.1) is 6.10 Å². The number of aliphatic carboxylic acids is 1. The highest BCUT2D eigenvalue weighted by atomic mass is 16.4. The lowest BCUT2D eigenvalue weighted by Gasteiger charge is -2.37. The second kappa shape index (κ2) is 4.75. The molecule has 0 amide bonds. The highest BCUT2D eigenvalue weighted by molar-refractivity contribution is 5.72. The molecular formula is C10H19NO3. The molecule has 0 saturated carbocycles. The maximum Gasteiger partial charge on any atom is 0.320 e. The number of nitrogens with zero attached hydrogens (tertiary/aromatic N) is 1. The third kappa shape index (κ3) is 2.45. The van der Waals surface area contributed by atoms with Gasteiger partial charge in [-0.3, -0.25) is 9.69 Å². The molecule has 1 aliphatic heterocycles. The standard InChI is InChI=1S/C10H19NO3/c1-3-8-6-11(5-4-9(8)12)7(2)10(13)14/h7-9,12H,3-6H2,1-2H3,(H,13,14)/t7-,8-,9+/m1/s1. The molecule has 82 valence electrons. The SMILES string of the molecule is CC[C@@H]1CN([C@H](C)C(=O)O)CC[C@@H]1O. The van der Waals surface area contributed by atoms with Crippen molar-refractivity contribution in [2.24, 2.45) is 5.92 Å². The molecule has 1 rings (SSSR count). The van der Waals surface area contributed by atoms with Crippen molar-refractivity contribution in [3.05, 3.63) is 0 Å². The molecule has 4 heteroatoms. The largest absolute Gasteiger partial charge is 0.480 e. The summed E-state index contributed by atoms with van der Waals surface area (Å²) in [6.07, 6.45) is 1.34. The lowest BCUT2D eigenvalue weighted by molar-refractivity contribution is -0.144. The van der Waals surface area contributed by atoms with E-state index in [2.05, 4.69) is 0 Å². The summed E-state index contributed by atoms with van der Waals surface area (Å²) < 4.78 is 0. The molecule has 1 fully saturated rings. The molecule has 1 saturated heterocycles. The normalized spacial score (nSPS) is 31.4. The van der Waals surface area contributed by atoms with E-state index in [0.29, 0.717) is 19.5 Å². The van der Waals surface area contributed by atoms with Gasteiger partial charge in [-0.05, 0) is 25.7 Å². The molecule has 0 aromatic heterocycles. The molecule has 0 spiro atoms. The van der Waals surface area contributed by atoms with E-state index in [4.69, 9.17) is 5.11 Å². The van der Waals surface area contributed by atoms with Crippen LogP contribution in [0.15, 0.2) is 0 Å². The van der Waals surface area contributed by atoms with Crippen molar-refractivity contribution in [3.8, 4) is 0 Å². The van der Waals surface area contributed by atoms with Gasteiger partial charge in [-0.25, -0.2) is 0 Å². The molecule has 3 atom stereocenters. The zero-order chi connectivity index (χ0) is 10.7. The zero-order valence-corrected chi connectivity index (χ0v) is 8.81. The van der Waals surface area contributed by atoms with E-state index in [9.17, 15) is 9.90 Å². The van der Waals surface area contributed by atoms with E-state index in [1.807, 2.05) is 11.8 Å². The summed E-state index contributed by atoms with van der Waals surface area (Å²) in [4.78, 5) is 12.7. The first-order valence-electron chi connectivity index (χ1n) is 5.21. The molecular weight excluding hydrogens is 182 g/mol. The fraction of sp³-hybridized carbons (Fsp3) is 0.900. The Labute approximate surface area is 84.5 Å². The Balaban J connectivity index is 2.54. The predicted octanol–water partition coefficient (Wildman–Crippen LogP) is 0.552. The highest BCUT2D eigenvalue weighted by Gasteiger charge is 2.30. The van der Waals surface area contributed by atoms with Crippen LogP contribution in [0.3, 0.4) is 0 Å². The van der Waals surface area contributed by atoms with Gasteiger partial charge < -0.3 is 10.2 Å². The van der Waals surface area contributed by atoms with Gasteiger partial charge in [-0.2, -0.15) is 0 Å². The molecule has 14 heavy (non-hydrogen) atoms. The lowest BCUT2D eigenvalue weighted by Crippen LogP contribution is -2.49. The Morgan fingerprint density at radius 1 is 1.64 bits per heavy atom. The number of carboxylic acids is 1. The van der Waals surface area contributed by atoms with E-state index in [0.717, 1.165) is 6.42 Å². The van der Waals surface area contributed by atoms with Crippen LogP contribution >= 0.6 is 0 Å². The molecule has 0 unspecified atom stereocenters. The van der Waals surface area contributed by atoms with Gasteiger partial charge in [-0.1, -0.05) is 6.92 Å². The number of hydrogen-bond donors (Lipinski definition) is 2. The monoisotopic (exact) mass is 201 g/mol. The fourth-order valence-electron chi connectivity index (χ4n) is 1.96. The number of carbonyl (C=O) groups is 1. The minimum absolute atomic E-state index is 0.227. The summed E-state index contributed by atoms with van der Waals surface area (Å²) in [5.41, 5.74) is 0. The van der Waals surface area contributed by atoms with Crippen LogP contribution < -0.4 is 0 Å². The van der Waals surface area contributed by atoms with Gasteiger partial charge in [0.25, 0.3) is 0 Å². The maximum atomic E-state index is 10.8. The first-order valence-corrected chi connectivity index (χ1v) is 5.21. The first kappa shape index (κ1) is 11.5. The van der Waals surface area contributed by atoms with Crippen molar-refractivity contribution in [1.82, 2.24) is 4.90 Å². The minimum Gasteiger partial charge on any atom is -0.480 e. The lowest BCUT2D eigenvalue weighted by atomic mass is 9.91. The van der Waals surface area contributed by atoms with E-state index in [-0.39, 0.29) is 12.0 Å². The fourth-order valence-corrected chi connectivity index (χ4v) is 1.96. The van der Waals surface area contributed by atoms with Gasteiger partial charge in [0, 0.05) is 13.1 Å².